The van der Waals surface area contributed by atoms with Crippen LogP contribution in [0.5, 0.6) is 0 Å². The van der Waals surface area contributed by atoms with Crippen LogP contribution < -0.4 is 0 Å². The monoisotopic (exact) mass is 1230 g/mol. The van der Waals surface area contributed by atoms with Gasteiger partial charge in [-0.1, -0.05) is 188 Å². The van der Waals surface area contributed by atoms with E-state index in [9.17, 15) is 0 Å². The van der Waals surface area contributed by atoms with E-state index < -0.39 is 11.7 Å². The van der Waals surface area contributed by atoms with Gasteiger partial charge in [-0.15, -0.1) is 0 Å². The quantitative estimate of drug-likeness (QED) is 0.142. The molecule has 9 heteroatoms. The number of hydrogen-bond donors (Lipinski definition) is 0. The van der Waals surface area contributed by atoms with Crippen LogP contribution in [0.3, 0.4) is 0 Å². The number of fused-ring (bicyclic) bond motifs is 15. The molecular formula is C86H53F3N6. The van der Waals surface area contributed by atoms with Gasteiger partial charge in [-0.05, 0) is 161 Å². The van der Waals surface area contributed by atoms with E-state index in [-0.39, 0.29) is 11.4 Å². The van der Waals surface area contributed by atoms with Gasteiger partial charge in [-0.3, -0.25) is 0 Å². The van der Waals surface area contributed by atoms with Gasteiger partial charge in [0.25, 0.3) is 0 Å². The van der Waals surface area contributed by atoms with Gasteiger partial charge in [-0.2, -0.15) is 13.2 Å². The van der Waals surface area contributed by atoms with Crippen molar-refractivity contribution in [2.24, 2.45) is 0 Å². The molecule has 448 valence electrons. The van der Waals surface area contributed by atoms with Gasteiger partial charge >= 0.3 is 6.18 Å². The van der Waals surface area contributed by atoms with Crippen molar-refractivity contribution in [3.63, 3.8) is 0 Å². The summed E-state index contributed by atoms with van der Waals surface area (Å²) in [7, 11) is 0. The summed E-state index contributed by atoms with van der Waals surface area (Å²) in [6, 6.07) is 105. The maximum absolute atomic E-state index is 15.3. The summed E-state index contributed by atoms with van der Waals surface area (Å²) in [5.41, 5.74) is 18.1. The number of aryl methyl sites for hydroxylation is 1. The Labute approximate surface area is 542 Å². The molecule has 0 saturated heterocycles. The van der Waals surface area contributed by atoms with Crippen LogP contribution >= 0.6 is 0 Å². The van der Waals surface area contributed by atoms with Crippen LogP contribution in [-0.4, -0.2) is 28.2 Å². The predicted octanol–water partition coefficient (Wildman–Crippen LogP) is 23.2. The summed E-state index contributed by atoms with van der Waals surface area (Å²) in [6.07, 6.45) is -4.68. The molecule has 0 amide bonds. The zero-order valence-corrected chi connectivity index (χ0v) is 51.2. The third-order valence-corrected chi connectivity index (χ3v) is 19.4. The molecule has 19 aromatic rings. The van der Waals surface area contributed by atoms with Gasteiger partial charge in [0.1, 0.15) is 0 Å². The normalized spacial score (nSPS) is 12.2. The second kappa shape index (κ2) is 20.8. The molecule has 0 saturated carbocycles. The summed E-state index contributed by atoms with van der Waals surface area (Å²) in [5.74, 6) is -0.0125. The molecule has 0 spiro atoms. The van der Waals surface area contributed by atoms with Crippen molar-refractivity contribution in [2.45, 2.75) is 13.1 Å². The smallest absolute Gasteiger partial charge is 0.309 e. The topological polar surface area (TPSA) is 45.5 Å². The van der Waals surface area contributed by atoms with Crippen LogP contribution in [0.15, 0.2) is 303 Å². The zero-order chi connectivity index (χ0) is 63.2. The van der Waals surface area contributed by atoms with E-state index in [1.807, 2.05) is 24.3 Å². The average molecular weight is 1230 g/mol. The standard InChI is InChI=1S/C86H53F3N6/c1-52-32-40-73(86(87,88)89)72(44-52)85-90-74-41-35-53-18-8-9-23-63(53)83(74)84(91-85)58-45-61(94-75-28-14-10-24-64(75)68-38-33-56(49-81(68)94)54-36-42-79-70(47-54)66-26-12-16-30-77(66)92(79)59-19-4-2-5-20-59)51-62(46-58)95-76-29-15-11-25-65(76)69-39-34-57(50-82(69)95)55-37-43-80-71(48-55)67-27-13-17-31-78(67)93(80)60-21-6-3-7-22-60/h2-51H,1H3. The van der Waals surface area contributed by atoms with Crippen molar-refractivity contribution in [1.82, 2.24) is 28.2 Å². The second-order valence-corrected chi connectivity index (χ2v) is 24.9. The number of hydrogen-bond acceptors (Lipinski definition) is 2. The Balaban J connectivity index is 0.886. The average Bonchev–Trinajstić information content (AvgIpc) is 1.71. The Morgan fingerprint density at radius 3 is 1.20 bits per heavy atom. The van der Waals surface area contributed by atoms with Gasteiger partial charge in [-0.25, -0.2) is 9.97 Å². The lowest BCUT2D eigenvalue weighted by Gasteiger charge is -2.18. The minimum absolute atomic E-state index is 0.0125. The molecule has 0 N–H and O–H groups in total. The van der Waals surface area contributed by atoms with Crippen LogP contribution in [0.4, 0.5) is 13.2 Å². The van der Waals surface area contributed by atoms with Crippen molar-refractivity contribution in [2.75, 3.05) is 0 Å². The highest BCUT2D eigenvalue weighted by Crippen LogP contribution is 2.45. The summed E-state index contributed by atoms with van der Waals surface area (Å²) >= 11 is 0. The van der Waals surface area contributed by atoms with E-state index >= 15 is 13.2 Å². The fourth-order valence-corrected chi connectivity index (χ4v) is 15.2. The molecule has 0 fully saturated rings. The molecular weight excluding hydrogens is 1170 g/mol. The van der Waals surface area contributed by atoms with Crippen LogP contribution in [0.2, 0.25) is 0 Å². The van der Waals surface area contributed by atoms with Crippen molar-refractivity contribution in [3.05, 3.63) is 314 Å². The number of benzene rings is 14. The van der Waals surface area contributed by atoms with E-state index in [4.69, 9.17) is 9.97 Å². The molecule has 19 rings (SSSR count). The minimum atomic E-state index is -4.68. The van der Waals surface area contributed by atoms with E-state index in [1.54, 1.807) is 13.0 Å². The van der Waals surface area contributed by atoms with Gasteiger partial charge in [0.2, 0.25) is 0 Å². The third-order valence-electron chi connectivity index (χ3n) is 19.4. The van der Waals surface area contributed by atoms with E-state index in [0.29, 0.717) is 22.3 Å². The van der Waals surface area contributed by atoms with Crippen LogP contribution in [0.1, 0.15) is 11.1 Å². The Morgan fingerprint density at radius 1 is 0.284 bits per heavy atom. The molecule has 5 aromatic heterocycles. The predicted molar refractivity (Wildman–Crippen MR) is 386 cm³/mol. The molecule has 95 heavy (non-hydrogen) atoms. The molecule has 0 unspecified atom stereocenters. The molecule has 0 atom stereocenters. The molecule has 0 bridgehead atoms. The zero-order valence-electron chi connectivity index (χ0n) is 51.2. The van der Waals surface area contributed by atoms with Crippen LogP contribution in [0.25, 0.3) is 177 Å². The van der Waals surface area contributed by atoms with Crippen LogP contribution in [0, 0.1) is 6.92 Å². The van der Waals surface area contributed by atoms with Crippen molar-refractivity contribution in [1.29, 1.82) is 0 Å². The lowest BCUT2D eigenvalue weighted by atomic mass is 9.98. The third kappa shape index (κ3) is 8.52. The Kier molecular flexibility index (Phi) is 11.9. The molecule has 14 aromatic carbocycles. The van der Waals surface area contributed by atoms with Gasteiger partial charge in [0.05, 0.1) is 60.9 Å². The molecule has 0 radical (unpaired) electrons. The largest absolute Gasteiger partial charge is 0.417 e. The van der Waals surface area contributed by atoms with Crippen molar-refractivity contribution < 1.29 is 13.2 Å². The SMILES string of the molecule is Cc1ccc(C(F)(F)F)c(-c2nc(-c3cc(-n4c5ccccc5c5ccc(-c6ccc7c(c6)c6ccccc6n7-c6ccccc6)cc54)cc(-n4c5ccccc5c5ccc(-c6ccc7c(c6)c6ccccc6n7-c6ccccc6)cc54)c3)c3c(ccc4ccccc43)n2)c1. The highest BCUT2D eigenvalue weighted by Gasteiger charge is 2.35. The molecule has 0 aliphatic rings. The summed E-state index contributed by atoms with van der Waals surface area (Å²) in [6.45, 7) is 1.80. The first-order valence-corrected chi connectivity index (χ1v) is 31.9. The highest BCUT2D eigenvalue weighted by molar-refractivity contribution is 6.16. The van der Waals surface area contributed by atoms with E-state index in [2.05, 4.69) is 279 Å². The Bertz CT molecular complexity index is 6110. The van der Waals surface area contributed by atoms with Gasteiger partial charge < -0.3 is 18.3 Å². The number of para-hydroxylation sites is 6. The second-order valence-electron chi connectivity index (χ2n) is 24.9. The van der Waals surface area contributed by atoms with Crippen LogP contribution in [-0.2, 0) is 6.18 Å². The Morgan fingerprint density at radius 2 is 0.695 bits per heavy atom. The number of aromatic nitrogens is 6. The first-order chi connectivity index (χ1) is 46.6. The fourth-order valence-electron chi connectivity index (χ4n) is 15.2. The van der Waals surface area contributed by atoms with E-state index in [0.717, 1.165) is 144 Å². The first kappa shape index (κ1) is 54.4. The summed E-state index contributed by atoms with van der Waals surface area (Å²) in [4.78, 5) is 10.5. The number of halogens is 3. The Hall–Kier alpha value is -12.3. The lowest BCUT2D eigenvalue weighted by molar-refractivity contribution is -0.137. The molecule has 0 aliphatic carbocycles. The number of nitrogens with zero attached hydrogens (tertiary/aromatic N) is 6. The van der Waals surface area contributed by atoms with Crippen molar-refractivity contribution >= 4 is 109 Å². The van der Waals surface area contributed by atoms with Crippen molar-refractivity contribution in [3.8, 4) is 67.6 Å². The van der Waals surface area contributed by atoms with Gasteiger partial charge in [0.15, 0.2) is 5.82 Å². The summed E-state index contributed by atoms with van der Waals surface area (Å²) < 4.78 is 55.4. The van der Waals surface area contributed by atoms with Gasteiger partial charge in [0, 0.05) is 82.4 Å². The lowest BCUT2D eigenvalue weighted by Crippen LogP contribution is -2.09. The molecule has 0 aliphatic heterocycles. The number of alkyl halides is 3. The maximum Gasteiger partial charge on any atom is 0.417 e. The highest BCUT2D eigenvalue weighted by atomic mass is 19.4. The molecule has 6 nitrogen and oxygen atoms in total. The summed E-state index contributed by atoms with van der Waals surface area (Å²) in [5, 5.41) is 11.5. The molecule has 5 heterocycles. The number of rotatable bonds is 8. The van der Waals surface area contributed by atoms with E-state index in [1.165, 1.54) is 16.8 Å². The maximum atomic E-state index is 15.3. The first-order valence-electron chi connectivity index (χ1n) is 31.9. The minimum Gasteiger partial charge on any atom is -0.309 e. The fraction of sp³-hybridized carbons (Fsp3) is 0.0233.